The summed E-state index contributed by atoms with van der Waals surface area (Å²) in [7, 11) is 0. The third-order valence-electron chi connectivity index (χ3n) is 1.66. The lowest BCUT2D eigenvalue weighted by molar-refractivity contribution is 0.374. The Hall–Kier alpha value is -1.62. The fourth-order valence-corrected chi connectivity index (χ4v) is 1.15. The highest BCUT2D eigenvalue weighted by Crippen LogP contribution is 2.00. The average molecular weight is 212 g/mol. The fourth-order valence-electron chi connectivity index (χ4n) is 1.01. The van der Waals surface area contributed by atoms with Crippen LogP contribution in [0.3, 0.4) is 0 Å². The van der Waals surface area contributed by atoms with E-state index in [1.165, 1.54) is 23.2 Å². The summed E-state index contributed by atoms with van der Waals surface area (Å²) in [5, 5.41) is 3.71. The second kappa shape index (κ2) is 3.63. The van der Waals surface area contributed by atoms with Gasteiger partial charge >= 0.3 is 0 Å². The van der Waals surface area contributed by atoms with Crippen molar-refractivity contribution in [2.24, 2.45) is 0 Å². The Labute approximate surface area is 83.9 Å². The van der Waals surface area contributed by atoms with Crippen LogP contribution >= 0.6 is 11.6 Å². The van der Waals surface area contributed by atoms with E-state index < -0.39 is 0 Å². The Bertz CT molecular complexity index is 478. The summed E-state index contributed by atoms with van der Waals surface area (Å²) in [4.78, 5) is 15.1. The molecule has 2 aromatic rings. The van der Waals surface area contributed by atoms with Crippen molar-refractivity contribution in [3.8, 4) is 0 Å². The van der Waals surface area contributed by atoms with Crippen LogP contribution in [-0.2, 0) is 6.54 Å². The Kier molecular flexibility index (Phi) is 2.32. The number of hydrogen-bond donors (Lipinski definition) is 0. The lowest BCUT2D eigenvalue weighted by atomic mass is 10.4. The molecule has 0 aromatic carbocycles. The van der Waals surface area contributed by atoms with Crippen molar-refractivity contribution < 1.29 is 4.52 Å². The second-order valence-electron chi connectivity index (χ2n) is 2.66. The Morgan fingerprint density at radius 2 is 2.43 bits per heavy atom. The molecule has 72 valence electrons. The first-order valence-corrected chi connectivity index (χ1v) is 4.25. The number of halogens is 1. The summed E-state index contributed by atoms with van der Waals surface area (Å²) < 4.78 is 6.23. The molecule has 0 N–H and O–H groups in total. The molecule has 0 unspecified atom stereocenters. The van der Waals surface area contributed by atoms with Crippen molar-refractivity contribution in [3.63, 3.8) is 0 Å². The molecule has 0 atom stereocenters. The van der Waals surface area contributed by atoms with Crippen molar-refractivity contribution in [3.05, 3.63) is 45.9 Å². The molecular formula is C8H6ClN3O2. The smallest absolute Gasteiger partial charge is 0.255 e. The van der Waals surface area contributed by atoms with Gasteiger partial charge in [0.1, 0.15) is 5.15 Å². The van der Waals surface area contributed by atoms with Crippen molar-refractivity contribution in [2.75, 3.05) is 0 Å². The van der Waals surface area contributed by atoms with Crippen LogP contribution in [0.1, 0.15) is 5.76 Å². The summed E-state index contributed by atoms with van der Waals surface area (Å²) in [6.07, 6.45) is 2.89. The zero-order valence-corrected chi connectivity index (χ0v) is 7.81. The van der Waals surface area contributed by atoms with Gasteiger partial charge in [0.05, 0.1) is 19.1 Å². The van der Waals surface area contributed by atoms with E-state index in [2.05, 4.69) is 10.1 Å². The minimum absolute atomic E-state index is 0.184. The standard InChI is InChI=1S/C8H6ClN3O2/c9-7-3-8(13)12(5-10-7)4-6-1-2-11-14-6/h1-3,5H,4H2. The largest absolute Gasteiger partial charge is 0.359 e. The van der Waals surface area contributed by atoms with Crippen LogP contribution in [0, 0.1) is 0 Å². The van der Waals surface area contributed by atoms with E-state index in [4.69, 9.17) is 16.1 Å². The van der Waals surface area contributed by atoms with E-state index in [-0.39, 0.29) is 10.7 Å². The maximum Gasteiger partial charge on any atom is 0.255 e. The van der Waals surface area contributed by atoms with Gasteiger partial charge in [-0.3, -0.25) is 9.36 Å². The number of hydrogen-bond acceptors (Lipinski definition) is 4. The van der Waals surface area contributed by atoms with Crippen LogP contribution in [-0.4, -0.2) is 14.7 Å². The van der Waals surface area contributed by atoms with Crippen molar-refractivity contribution in [2.45, 2.75) is 6.54 Å². The molecule has 14 heavy (non-hydrogen) atoms. The zero-order chi connectivity index (χ0) is 9.97. The molecule has 0 aliphatic carbocycles. The van der Waals surface area contributed by atoms with E-state index in [0.717, 1.165) is 0 Å². The molecule has 0 aliphatic heterocycles. The van der Waals surface area contributed by atoms with Gasteiger partial charge in [-0.25, -0.2) is 4.98 Å². The summed E-state index contributed by atoms with van der Waals surface area (Å²) in [6.45, 7) is 0.309. The molecule has 0 saturated heterocycles. The minimum atomic E-state index is -0.221. The van der Waals surface area contributed by atoms with Crippen LogP contribution in [0.2, 0.25) is 5.15 Å². The third-order valence-corrected chi connectivity index (χ3v) is 1.87. The van der Waals surface area contributed by atoms with Crippen molar-refractivity contribution >= 4 is 11.6 Å². The van der Waals surface area contributed by atoms with E-state index >= 15 is 0 Å². The molecule has 5 nitrogen and oxygen atoms in total. The maximum atomic E-state index is 11.3. The van der Waals surface area contributed by atoms with Crippen LogP contribution in [0.5, 0.6) is 0 Å². The van der Waals surface area contributed by atoms with Gasteiger partial charge in [-0.2, -0.15) is 0 Å². The van der Waals surface area contributed by atoms with Gasteiger partial charge in [0, 0.05) is 12.1 Å². The summed E-state index contributed by atoms with van der Waals surface area (Å²) in [6, 6.07) is 2.93. The predicted molar refractivity (Wildman–Crippen MR) is 49.1 cm³/mol. The maximum absolute atomic E-state index is 11.3. The number of nitrogens with zero attached hydrogens (tertiary/aromatic N) is 3. The quantitative estimate of drug-likeness (QED) is 0.694. The predicted octanol–water partition coefficient (Wildman–Crippen LogP) is 0.933. The van der Waals surface area contributed by atoms with Gasteiger partial charge in [0.25, 0.3) is 5.56 Å². The fraction of sp³-hybridized carbons (Fsp3) is 0.125. The van der Waals surface area contributed by atoms with E-state index in [1.807, 2.05) is 0 Å². The molecular weight excluding hydrogens is 206 g/mol. The summed E-state index contributed by atoms with van der Waals surface area (Å²) in [5.41, 5.74) is -0.221. The van der Waals surface area contributed by atoms with Crippen LogP contribution < -0.4 is 5.56 Å². The van der Waals surface area contributed by atoms with E-state index in [0.29, 0.717) is 12.3 Å². The highest BCUT2D eigenvalue weighted by molar-refractivity contribution is 6.29. The van der Waals surface area contributed by atoms with E-state index in [1.54, 1.807) is 6.07 Å². The number of aromatic nitrogens is 3. The van der Waals surface area contributed by atoms with Gasteiger partial charge in [-0.1, -0.05) is 16.8 Å². The van der Waals surface area contributed by atoms with Gasteiger partial charge in [-0.15, -0.1) is 0 Å². The SMILES string of the molecule is O=c1cc(Cl)ncn1Cc1ccno1. The highest BCUT2D eigenvalue weighted by Gasteiger charge is 2.01. The first-order valence-electron chi connectivity index (χ1n) is 3.87. The zero-order valence-electron chi connectivity index (χ0n) is 7.05. The van der Waals surface area contributed by atoms with Crippen LogP contribution in [0.15, 0.2) is 34.0 Å². The second-order valence-corrected chi connectivity index (χ2v) is 3.04. The Balaban J connectivity index is 2.30. The summed E-state index contributed by atoms with van der Waals surface area (Å²) in [5.74, 6) is 0.594. The van der Waals surface area contributed by atoms with Crippen molar-refractivity contribution in [1.82, 2.24) is 14.7 Å². The molecule has 2 aromatic heterocycles. The lowest BCUT2D eigenvalue weighted by Gasteiger charge is -2.00. The lowest BCUT2D eigenvalue weighted by Crippen LogP contribution is -2.19. The van der Waals surface area contributed by atoms with Gasteiger partial charge in [0.2, 0.25) is 0 Å². The van der Waals surface area contributed by atoms with Gasteiger partial charge < -0.3 is 4.52 Å². The normalized spacial score (nSPS) is 10.4. The molecule has 2 heterocycles. The van der Waals surface area contributed by atoms with Crippen LogP contribution in [0.25, 0.3) is 0 Å². The molecule has 0 spiro atoms. The molecule has 0 radical (unpaired) electrons. The Morgan fingerprint density at radius 3 is 3.07 bits per heavy atom. The monoisotopic (exact) mass is 211 g/mol. The molecule has 2 rings (SSSR count). The molecule has 0 aliphatic rings. The summed E-state index contributed by atoms with van der Waals surface area (Å²) >= 11 is 5.54. The third kappa shape index (κ3) is 1.82. The minimum Gasteiger partial charge on any atom is -0.359 e. The van der Waals surface area contributed by atoms with E-state index in [9.17, 15) is 4.79 Å². The first-order chi connectivity index (χ1) is 6.75. The molecule has 0 amide bonds. The topological polar surface area (TPSA) is 60.9 Å². The molecule has 0 fully saturated rings. The molecule has 6 heteroatoms. The average Bonchev–Trinajstić information content (AvgIpc) is 2.62. The number of rotatable bonds is 2. The van der Waals surface area contributed by atoms with Crippen molar-refractivity contribution in [1.29, 1.82) is 0 Å². The van der Waals surface area contributed by atoms with Crippen LogP contribution in [0.4, 0.5) is 0 Å². The molecule has 0 bridgehead atoms. The van der Waals surface area contributed by atoms with Gasteiger partial charge in [0.15, 0.2) is 5.76 Å². The highest BCUT2D eigenvalue weighted by atomic mass is 35.5. The molecule has 0 saturated carbocycles. The van der Waals surface area contributed by atoms with Gasteiger partial charge in [-0.05, 0) is 0 Å². The Morgan fingerprint density at radius 1 is 1.57 bits per heavy atom. The first kappa shape index (κ1) is 8.96.